The Kier molecular flexibility index (Phi) is 4.29. The molecule has 0 bridgehead atoms. The number of para-hydroxylation sites is 1. The van der Waals surface area contributed by atoms with Gasteiger partial charge >= 0.3 is 0 Å². The highest BCUT2D eigenvalue weighted by atomic mass is 16.5. The minimum Gasteiger partial charge on any atom is -0.497 e. The van der Waals surface area contributed by atoms with Crippen LogP contribution in [0.4, 0.5) is 5.69 Å². The molecule has 1 aliphatic heterocycles. The van der Waals surface area contributed by atoms with Crippen molar-refractivity contribution in [1.82, 2.24) is 0 Å². The van der Waals surface area contributed by atoms with Gasteiger partial charge in [0.15, 0.2) is 0 Å². The summed E-state index contributed by atoms with van der Waals surface area (Å²) in [6.45, 7) is 6.13. The van der Waals surface area contributed by atoms with Crippen molar-refractivity contribution in [2.24, 2.45) is 0 Å². The van der Waals surface area contributed by atoms with Crippen molar-refractivity contribution < 1.29 is 14.3 Å². The molecule has 0 unspecified atom stereocenters. The van der Waals surface area contributed by atoms with Crippen LogP contribution >= 0.6 is 0 Å². The number of carbonyl (C=O) groups excluding carboxylic acids is 1. The first-order valence-corrected chi connectivity index (χ1v) is 8.24. The van der Waals surface area contributed by atoms with E-state index in [2.05, 4.69) is 13.0 Å². The van der Waals surface area contributed by atoms with Crippen molar-refractivity contribution in [3.63, 3.8) is 0 Å². The average Bonchev–Trinajstić information content (AvgIpc) is 2.60. The van der Waals surface area contributed by atoms with Gasteiger partial charge < -0.3 is 9.47 Å². The van der Waals surface area contributed by atoms with Crippen molar-refractivity contribution in [1.29, 1.82) is 0 Å². The minimum absolute atomic E-state index is 0.0675. The third-order valence-electron chi connectivity index (χ3n) is 4.55. The van der Waals surface area contributed by atoms with E-state index < -0.39 is 5.54 Å². The Morgan fingerprint density at radius 2 is 1.68 bits per heavy atom. The molecule has 2 aromatic rings. The van der Waals surface area contributed by atoms with E-state index in [1.165, 1.54) is 0 Å². The van der Waals surface area contributed by atoms with Crippen LogP contribution in [-0.4, -0.2) is 25.7 Å². The number of hydrogen-bond donors (Lipinski definition) is 0. The molecular weight excluding hydrogens is 314 g/mol. The average molecular weight is 337 g/mol. The van der Waals surface area contributed by atoms with Gasteiger partial charge in [-0.3, -0.25) is 9.69 Å². The van der Waals surface area contributed by atoms with Crippen LogP contribution in [0.3, 0.4) is 0 Å². The number of amides is 1. The fourth-order valence-corrected chi connectivity index (χ4v) is 3.42. The van der Waals surface area contributed by atoms with Gasteiger partial charge in [-0.05, 0) is 56.7 Å². The number of carbonyl (C=O) groups is 1. The summed E-state index contributed by atoms with van der Waals surface area (Å²) in [6, 6.07) is 13.0. The fraction of sp³-hybridized carbons (Fsp3) is 0.286. The molecular formula is C21H23NO3. The first-order valence-electron chi connectivity index (χ1n) is 8.24. The maximum atomic E-state index is 13.4. The molecule has 4 nitrogen and oxygen atoms in total. The summed E-state index contributed by atoms with van der Waals surface area (Å²) in [5.41, 5.74) is 3.11. The molecule has 0 radical (unpaired) electrons. The van der Waals surface area contributed by atoms with E-state index in [1.807, 2.05) is 36.9 Å². The van der Waals surface area contributed by atoms with Gasteiger partial charge in [0.05, 0.1) is 25.4 Å². The van der Waals surface area contributed by atoms with Crippen LogP contribution in [0.2, 0.25) is 0 Å². The summed E-state index contributed by atoms with van der Waals surface area (Å²) in [5, 5.41) is 0. The van der Waals surface area contributed by atoms with Gasteiger partial charge in [0.25, 0.3) is 5.91 Å². The molecule has 2 aromatic carbocycles. The van der Waals surface area contributed by atoms with Crippen LogP contribution in [0.5, 0.6) is 11.5 Å². The number of anilines is 1. The molecule has 0 aliphatic carbocycles. The number of ether oxygens (including phenoxy) is 2. The lowest BCUT2D eigenvalue weighted by molar-refractivity contribution is 0.0969. The van der Waals surface area contributed by atoms with E-state index in [0.29, 0.717) is 11.3 Å². The van der Waals surface area contributed by atoms with Crippen LogP contribution < -0.4 is 14.4 Å². The van der Waals surface area contributed by atoms with Gasteiger partial charge in [0.2, 0.25) is 0 Å². The highest BCUT2D eigenvalue weighted by Crippen LogP contribution is 2.45. The summed E-state index contributed by atoms with van der Waals surface area (Å²) >= 11 is 0. The third-order valence-corrected chi connectivity index (χ3v) is 4.55. The Balaban J connectivity index is 2.15. The van der Waals surface area contributed by atoms with Gasteiger partial charge in [-0.1, -0.05) is 18.2 Å². The van der Waals surface area contributed by atoms with Gasteiger partial charge in [-0.15, -0.1) is 0 Å². The van der Waals surface area contributed by atoms with E-state index in [1.54, 1.807) is 38.5 Å². The van der Waals surface area contributed by atoms with E-state index in [9.17, 15) is 4.79 Å². The number of benzene rings is 2. The summed E-state index contributed by atoms with van der Waals surface area (Å²) in [4.78, 5) is 15.2. The molecule has 4 heteroatoms. The maximum Gasteiger partial charge on any atom is 0.259 e. The SMILES string of the molecule is COc1ccc(C(=O)N2c3c(OC)cccc3C(C)=CC2(C)C)cc1. The first-order chi connectivity index (χ1) is 11.9. The summed E-state index contributed by atoms with van der Waals surface area (Å²) < 4.78 is 10.8. The predicted molar refractivity (Wildman–Crippen MR) is 101 cm³/mol. The zero-order valence-corrected chi connectivity index (χ0v) is 15.3. The molecule has 25 heavy (non-hydrogen) atoms. The first kappa shape index (κ1) is 17.1. The predicted octanol–water partition coefficient (Wildman–Crippen LogP) is 4.55. The number of nitrogens with zero attached hydrogens (tertiary/aromatic N) is 1. The summed E-state index contributed by atoms with van der Waals surface area (Å²) in [6.07, 6.45) is 2.12. The minimum atomic E-state index is -0.470. The molecule has 1 heterocycles. The molecule has 1 amide bonds. The number of rotatable bonds is 3. The van der Waals surface area contributed by atoms with Crippen molar-refractivity contribution in [2.75, 3.05) is 19.1 Å². The van der Waals surface area contributed by atoms with Crippen LogP contribution in [0, 0.1) is 0 Å². The maximum absolute atomic E-state index is 13.4. The van der Waals surface area contributed by atoms with Crippen LogP contribution in [0.25, 0.3) is 5.57 Å². The second-order valence-corrected chi connectivity index (χ2v) is 6.71. The smallest absolute Gasteiger partial charge is 0.259 e. The van der Waals surface area contributed by atoms with Crippen molar-refractivity contribution in [2.45, 2.75) is 26.3 Å². The Bertz CT molecular complexity index is 835. The van der Waals surface area contributed by atoms with Gasteiger partial charge in [-0.2, -0.15) is 0 Å². The molecule has 0 saturated heterocycles. The van der Waals surface area contributed by atoms with E-state index >= 15 is 0 Å². The lowest BCUT2D eigenvalue weighted by Gasteiger charge is -2.42. The monoisotopic (exact) mass is 337 g/mol. The molecule has 130 valence electrons. The molecule has 3 rings (SSSR count). The van der Waals surface area contributed by atoms with Crippen LogP contribution in [0.1, 0.15) is 36.7 Å². The van der Waals surface area contributed by atoms with Crippen molar-refractivity contribution in [3.05, 3.63) is 59.7 Å². The topological polar surface area (TPSA) is 38.8 Å². The summed E-state index contributed by atoms with van der Waals surface area (Å²) in [7, 11) is 3.24. The molecule has 0 saturated carbocycles. The lowest BCUT2D eigenvalue weighted by Crippen LogP contribution is -2.49. The molecule has 0 fully saturated rings. The standard InChI is InChI=1S/C21H23NO3/c1-14-13-21(2,3)22(19-17(14)7-6-8-18(19)25-5)20(23)15-9-11-16(24-4)12-10-15/h6-13H,1-5H3. The number of fused-ring (bicyclic) bond motifs is 1. The highest BCUT2D eigenvalue weighted by Gasteiger charge is 2.38. The van der Waals surface area contributed by atoms with Crippen molar-refractivity contribution in [3.8, 4) is 11.5 Å². The number of methoxy groups -OCH3 is 2. The van der Waals surface area contributed by atoms with E-state index in [0.717, 1.165) is 22.6 Å². The number of hydrogen-bond acceptors (Lipinski definition) is 3. The fourth-order valence-electron chi connectivity index (χ4n) is 3.42. The lowest BCUT2D eigenvalue weighted by atomic mass is 9.87. The molecule has 0 spiro atoms. The van der Waals surface area contributed by atoms with E-state index in [-0.39, 0.29) is 5.91 Å². The second-order valence-electron chi connectivity index (χ2n) is 6.71. The van der Waals surface area contributed by atoms with Gasteiger partial charge in [0, 0.05) is 11.1 Å². The second kappa shape index (κ2) is 6.28. The van der Waals surface area contributed by atoms with Gasteiger partial charge in [-0.25, -0.2) is 0 Å². The van der Waals surface area contributed by atoms with Crippen LogP contribution in [0.15, 0.2) is 48.5 Å². The van der Waals surface area contributed by atoms with E-state index in [4.69, 9.17) is 9.47 Å². The Morgan fingerprint density at radius 3 is 2.28 bits per heavy atom. The van der Waals surface area contributed by atoms with Crippen molar-refractivity contribution >= 4 is 17.2 Å². The highest BCUT2D eigenvalue weighted by molar-refractivity contribution is 6.11. The quantitative estimate of drug-likeness (QED) is 0.825. The Hall–Kier alpha value is -2.75. The molecule has 0 N–H and O–H groups in total. The molecule has 0 aromatic heterocycles. The largest absolute Gasteiger partial charge is 0.497 e. The molecule has 0 atom stereocenters. The Morgan fingerprint density at radius 1 is 1.00 bits per heavy atom. The zero-order valence-electron chi connectivity index (χ0n) is 15.3. The zero-order chi connectivity index (χ0) is 18.2. The third kappa shape index (κ3) is 2.88. The Labute approximate surface area is 148 Å². The van der Waals surface area contributed by atoms with Crippen LogP contribution in [-0.2, 0) is 0 Å². The normalized spacial score (nSPS) is 15.2. The molecule has 1 aliphatic rings. The number of allylic oxidation sites excluding steroid dienone is 1. The van der Waals surface area contributed by atoms with Gasteiger partial charge in [0.1, 0.15) is 11.5 Å². The summed E-state index contributed by atoms with van der Waals surface area (Å²) in [5.74, 6) is 1.35.